The van der Waals surface area contributed by atoms with Gasteiger partial charge in [-0.2, -0.15) is 13.2 Å². The van der Waals surface area contributed by atoms with Crippen LogP contribution in [0.5, 0.6) is 5.75 Å². The van der Waals surface area contributed by atoms with Crippen molar-refractivity contribution >= 4 is 23.1 Å². The number of rotatable bonds is 2. The first-order valence-electron chi connectivity index (χ1n) is 9.38. The minimum Gasteiger partial charge on any atom is -0.496 e. The van der Waals surface area contributed by atoms with Crippen molar-refractivity contribution in [1.29, 1.82) is 0 Å². The fourth-order valence-corrected chi connectivity index (χ4v) is 4.28. The number of halogens is 4. The van der Waals surface area contributed by atoms with Gasteiger partial charge in [-0.1, -0.05) is 35.9 Å². The van der Waals surface area contributed by atoms with Gasteiger partial charge in [0.25, 0.3) is 0 Å². The van der Waals surface area contributed by atoms with Gasteiger partial charge in [0, 0.05) is 5.56 Å². The Hall–Kier alpha value is -2.51. The number of ether oxygens (including phenoxy) is 2. The van der Waals surface area contributed by atoms with E-state index in [1.165, 1.54) is 6.92 Å². The number of nitrogens with zero attached hydrogens (tertiary/aromatic N) is 2. The fraction of sp³-hybridized carbons (Fsp3) is 0.318. The molecule has 0 fully saturated rings. The van der Waals surface area contributed by atoms with E-state index in [0.29, 0.717) is 11.3 Å². The number of hydrogen-bond acceptors (Lipinski definition) is 4. The molecule has 0 spiro atoms. The molecule has 4 nitrogen and oxygen atoms in total. The number of anilines is 1. The third-order valence-corrected chi connectivity index (χ3v) is 5.69. The zero-order valence-electron chi connectivity index (χ0n) is 16.7. The van der Waals surface area contributed by atoms with E-state index in [-0.39, 0.29) is 35.3 Å². The number of para-hydroxylation sites is 1. The van der Waals surface area contributed by atoms with Crippen LogP contribution in [-0.4, -0.2) is 32.3 Å². The topological polar surface area (TPSA) is 34.1 Å². The molecule has 0 saturated carbocycles. The van der Waals surface area contributed by atoms with E-state index in [4.69, 9.17) is 21.1 Å². The van der Waals surface area contributed by atoms with Gasteiger partial charge in [-0.3, -0.25) is 9.89 Å². The van der Waals surface area contributed by atoms with Crippen LogP contribution in [0.25, 0.3) is 0 Å². The SMILES string of the molecule is COc1cccc([C@H]2OCC3=NCC(C)=C(C(F)(F)F)N3c3c(Cl)cccc32)c1C. The van der Waals surface area contributed by atoms with Crippen LogP contribution in [-0.2, 0) is 4.74 Å². The molecule has 0 saturated heterocycles. The quantitative estimate of drug-likeness (QED) is 0.593. The number of amidine groups is 1. The van der Waals surface area contributed by atoms with E-state index in [0.717, 1.165) is 16.0 Å². The smallest absolute Gasteiger partial charge is 0.431 e. The zero-order chi connectivity index (χ0) is 21.6. The Morgan fingerprint density at radius 2 is 1.83 bits per heavy atom. The van der Waals surface area contributed by atoms with Crippen molar-refractivity contribution in [2.24, 2.45) is 4.99 Å². The van der Waals surface area contributed by atoms with Gasteiger partial charge < -0.3 is 9.47 Å². The highest BCUT2D eigenvalue weighted by Crippen LogP contribution is 2.47. The summed E-state index contributed by atoms with van der Waals surface area (Å²) < 4.78 is 53.7. The largest absolute Gasteiger partial charge is 0.496 e. The number of benzene rings is 2. The van der Waals surface area contributed by atoms with E-state index in [1.807, 2.05) is 25.1 Å². The van der Waals surface area contributed by atoms with Gasteiger partial charge in [-0.05, 0) is 42.7 Å². The zero-order valence-corrected chi connectivity index (χ0v) is 17.4. The lowest BCUT2D eigenvalue weighted by Gasteiger charge is -2.34. The second-order valence-electron chi connectivity index (χ2n) is 7.24. The van der Waals surface area contributed by atoms with E-state index in [2.05, 4.69) is 4.99 Å². The summed E-state index contributed by atoms with van der Waals surface area (Å²) in [4.78, 5) is 5.47. The van der Waals surface area contributed by atoms with Gasteiger partial charge >= 0.3 is 6.18 Å². The second kappa shape index (κ2) is 7.63. The Kier molecular flexibility index (Phi) is 5.28. The Labute approximate surface area is 177 Å². The highest BCUT2D eigenvalue weighted by molar-refractivity contribution is 6.34. The summed E-state index contributed by atoms with van der Waals surface area (Å²) >= 11 is 6.48. The lowest BCUT2D eigenvalue weighted by molar-refractivity contribution is -0.0932. The molecule has 0 aromatic heterocycles. The fourth-order valence-electron chi connectivity index (χ4n) is 4.02. The molecule has 2 aromatic rings. The van der Waals surface area contributed by atoms with Crippen molar-refractivity contribution in [3.8, 4) is 5.75 Å². The summed E-state index contributed by atoms with van der Waals surface area (Å²) in [7, 11) is 1.57. The van der Waals surface area contributed by atoms with Crippen LogP contribution < -0.4 is 9.64 Å². The highest BCUT2D eigenvalue weighted by atomic mass is 35.5. The Morgan fingerprint density at radius 1 is 1.13 bits per heavy atom. The number of aliphatic imine (C=N–C) groups is 1. The molecule has 4 rings (SSSR count). The van der Waals surface area contributed by atoms with Crippen LogP contribution in [0.1, 0.15) is 29.7 Å². The Balaban J connectivity index is 1.96. The summed E-state index contributed by atoms with van der Waals surface area (Å²) in [5.74, 6) is 0.857. The van der Waals surface area contributed by atoms with Crippen LogP contribution >= 0.6 is 11.6 Å². The molecule has 8 heteroatoms. The lowest BCUT2D eigenvalue weighted by atomic mass is 9.95. The van der Waals surface area contributed by atoms with Gasteiger partial charge in [0.2, 0.25) is 0 Å². The third-order valence-electron chi connectivity index (χ3n) is 5.38. The minimum atomic E-state index is -4.56. The highest BCUT2D eigenvalue weighted by Gasteiger charge is 2.45. The summed E-state index contributed by atoms with van der Waals surface area (Å²) in [5, 5.41) is 0.202. The molecule has 1 atom stereocenters. The van der Waals surface area contributed by atoms with Crippen LogP contribution in [0, 0.1) is 6.92 Å². The Morgan fingerprint density at radius 3 is 2.53 bits per heavy atom. The van der Waals surface area contributed by atoms with Crippen molar-refractivity contribution in [2.45, 2.75) is 26.1 Å². The lowest BCUT2D eigenvalue weighted by Crippen LogP contribution is -2.42. The van der Waals surface area contributed by atoms with Crippen LogP contribution in [0.15, 0.2) is 52.7 Å². The Bertz CT molecular complexity index is 1060. The van der Waals surface area contributed by atoms with Gasteiger partial charge in [0.05, 0.1) is 24.4 Å². The molecule has 0 N–H and O–H groups in total. The maximum absolute atomic E-state index is 14.0. The first-order valence-corrected chi connectivity index (χ1v) is 9.75. The summed E-state index contributed by atoms with van der Waals surface area (Å²) in [5.41, 5.74) is 1.81. The van der Waals surface area contributed by atoms with E-state index >= 15 is 0 Å². The third kappa shape index (κ3) is 3.36. The molecule has 2 heterocycles. The van der Waals surface area contributed by atoms with Crippen molar-refractivity contribution in [3.63, 3.8) is 0 Å². The molecule has 0 radical (unpaired) electrons. The molecule has 0 amide bonds. The molecule has 158 valence electrons. The molecular formula is C22H20ClF3N2O2. The normalized spacial score (nSPS) is 19.1. The molecule has 2 aliphatic rings. The van der Waals surface area contributed by atoms with Gasteiger partial charge in [-0.15, -0.1) is 0 Å². The first kappa shape index (κ1) is 20.8. The van der Waals surface area contributed by atoms with Gasteiger partial charge in [0.1, 0.15) is 30.0 Å². The molecule has 0 unspecified atom stereocenters. The monoisotopic (exact) mass is 436 g/mol. The standard InChI is InChI=1S/C22H20ClF3N2O2/c1-12-10-27-18-11-30-20(14-6-5-9-17(29-3)13(14)2)15-7-4-8-16(23)19(15)28(18)21(12)22(24,25)26/h4-9,20H,10-11H2,1-3H3/t20-/m1/s1. The number of allylic oxidation sites excluding steroid dienone is 1. The number of fused-ring (bicyclic) bond motifs is 3. The second-order valence-corrected chi connectivity index (χ2v) is 7.64. The van der Waals surface area contributed by atoms with E-state index in [1.54, 1.807) is 25.3 Å². The average molecular weight is 437 g/mol. The predicted octanol–water partition coefficient (Wildman–Crippen LogP) is 5.83. The summed E-state index contributed by atoms with van der Waals surface area (Å²) in [6, 6.07) is 10.6. The molecular weight excluding hydrogens is 417 g/mol. The molecule has 0 bridgehead atoms. The van der Waals surface area contributed by atoms with Crippen molar-refractivity contribution in [2.75, 3.05) is 25.2 Å². The van der Waals surface area contributed by atoms with Crippen molar-refractivity contribution in [1.82, 2.24) is 0 Å². The molecule has 30 heavy (non-hydrogen) atoms. The number of alkyl halides is 3. The maximum atomic E-state index is 14.0. The van der Waals surface area contributed by atoms with Crippen LogP contribution in [0.4, 0.5) is 18.9 Å². The minimum absolute atomic E-state index is 0.0350. The molecule has 2 aliphatic heterocycles. The number of methoxy groups -OCH3 is 1. The van der Waals surface area contributed by atoms with E-state index in [9.17, 15) is 13.2 Å². The summed E-state index contributed by atoms with van der Waals surface area (Å²) in [6.45, 7) is 3.21. The van der Waals surface area contributed by atoms with Crippen LogP contribution in [0.3, 0.4) is 0 Å². The average Bonchev–Trinajstić information content (AvgIpc) is 2.85. The van der Waals surface area contributed by atoms with Crippen molar-refractivity contribution in [3.05, 3.63) is 69.4 Å². The number of hydrogen-bond donors (Lipinski definition) is 0. The summed E-state index contributed by atoms with van der Waals surface area (Å²) in [6.07, 6.45) is -5.19. The van der Waals surface area contributed by atoms with Crippen LogP contribution in [0.2, 0.25) is 5.02 Å². The molecule has 0 aliphatic carbocycles. The maximum Gasteiger partial charge on any atom is 0.431 e. The van der Waals surface area contributed by atoms with E-state index < -0.39 is 18.0 Å². The van der Waals surface area contributed by atoms with Gasteiger partial charge in [0.15, 0.2) is 0 Å². The molecule has 2 aromatic carbocycles. The first-order chi connectivity index (χ1) is 14.2. The van der Waals surface area contributed by atoms with Crippen molar-refractivity contribution < 1.29 is 22.6 Å². The van der Waals surface area contributed by atoms with Gasteiger partial charge in [-0.25, -0.2) is 0 Å². The predicted molar refractivity (Wildman–Crippen MR) is 111 cm³/mol.